The Morgan fingerprint density at radius 3 is 2.05 bits per heavy atom. The Morgan fingerprint density at radius 2 is 1.55 bits per heavy atom. The normalized spacial score (nSPS) is 13.8. The second-order valence-electron chi connectivity index (χ2n) is 6.22. The molecule has 0 fully saturated rings. The fourth-order valence-electron chi connectivity index (χ4n) is 1.88. The van der Waals surface area contributed by atoms with Crippen molar-refractivity contribution in [1.29, 1.82) is 0 Å². The van der Waals surface area contributed by atoms with Gasteiger partial charge in [0.25, 0.3) is 5.91 Å². The number of nitrogens with one attached hydrogen (secondary N) is 2. The van der Waals surface area contributed by atoms with Crippen molar-refractivity contribution in [2.24, 2.45) is 11.8 Å². The molecule has 122 valence electrons. The van der Waals surface area contributed by atoms with E-state index in [4.69, 9.17) is 0 Å². The largest absolute Gasteiger partial charge is 0.352 e. The van der Waals surface area contributed by atoms with E-state index in [1.54, 1.807) is 6.07 Å². The molecule has 0 radical (unpaired) electrons. The van der Waals surface area contributed by atoms with Crippen LogP contribution in [0.2, 0.25) is 0 Å². The third-order valence-corrected chi connectivity index (χ3v) is 3.72. The van der Waals surface area contributed by atoms with E-state index in [0.29, 0.717) is 5.92 Å². The van der Waals surface area contributed by atoms with Crippen molar-refractivity contribution >= 4 is 11.8 Å². The number of carbonyl (C=O) groups excluding carboxylic acids is 2. The summed E-state index contributed by atoms with van der Waals surface area (Å²) in [5, 5.41) is 5.51. The monoisotopic (exact) mass is 308 g/mol. The van der Waals surface area contributed by atoms with E-state index in [9.17, 15) is 14.0 Å². The summed E-state index contributed by atoms with van der Waals surface area (Å²) in [6.07, 6.45) is 0. The number of benzene rings is 1. The van der Waals surface area contributed by atoms with Crippen molar-refractivity contribution in [2.75, 3.05) is 0 Å². The highest BCUT2D eigenvalue weighted by molar-refractivity contribution is 5.97. The van der Waals surface area contributed by atoms with Gasteiger partial charge in [0.15, 0.2) is 0 Å². The van der Waals surface area contributed by atoms with Gasteiger partial charge in [-0.1, -0.05) is 39.8 Å². The Morgan fingerprint density at radius 1 is 0.955 bits per heavy atom. The molecule has 0 aliphatic heterocycles. The third kappa shape index (κ3) is 4.83. The van der Waals surface area contributed by atoms with E-state index in [1.165, 1.54) is 18.2 Å². The first-order valence-electron chi connectivity index (χ1n) is 7.59. The van der Waals surface area contributed by atoms with Crippen LogP contribution >= 0.6 is 0 Å². The topological polar surface area (TPSA) is 58.2 Å². The first kappa shape index (κ1) is 18.1. The molecule has 0 spiro atoms. The fraction of sp³-hybridized carbons (Fsp3) is 0.529. The second-order valence-corrected chi connectivity index (χ2v) is 6.22. The molecule has 0 heterocycles. The number of amides is 2. The maximum Gasteiger partial charge on any atom is 0.254 e. The van der Waals surface area contributed by atoms with E-state index in [2.05, 4.69) is 10.6 Å². The van der Waals surface area contributed by atoms with Crippen molar-refractivity contribution in [1.82, 2.24) is 10.6 Å². The minimum atomic E-state index is -0.701. The van der Waals surface area contributed by atoms with Crippen LogP contribution in [0.25, 0.3) is 0 Å². The van der Waals surface area contributed by atoms with Gasteiger partial charge < -0.3 is 10.6 Å². The zero-order valence-electron chi connectivity index (χ0n) is 13.8. The lowest BCUT2D eigenvalue weighted by atomic mass is 10.0. The first-order chi connectivity index (χ1) is 10.2. The van der Waals surface area contributed by atoms with Crippen molar-refractivity contribution in [3.05, 3.63) is 35.6 Å². The predicted molar refractivity (Wildman–Crippen MR) is 84.9 cm³/mol. The molecule has 0 saturated carbocycles. The van der Waals surface area contributed by atoms with Gasteiger partial charge >= 0.3 is 0 Å². The zero-order valence-corrected chi connectivity index (χ0v) is 13.8. The SMILES string of the molecule is CC(C)[C@H](C)NC(=O)[C@H](NC(=O)c1ccccc1F)C(C)C. The molecule has 1 rings (SSSR count). The van der Waals surface area contributed by atoms with Gasteiger partial charge in [-0.25, -0.2) is 4.39 Å². The van der Waals surface area contributed by atoms with E-state index >= 15 is 0 Å². The Labute approximate surface area is 131 Å². The van der Waals surface area contributed by atoms with Crippen molar-refractivity contribution in [2.45, 2.75) is 46.7 Å². The third-order valence-electron chi connectivity index (χ3n) is 3.72. The lowest BCUT2D eigenvalue weighted by Crippen LogP contribution is -2.52. The van der Waals surface area contributed by atoms with E-state index in [-0.39, 0.29) is 23.4 Å². The van der Waals surface area contributed by atoms with E-state index < -0.39 is 17.8 Å². The molecular formula is C17H25FN2O2. The van der Waals surface area contributed by atoms with Crippen LogP contribution < -0.4 is 10.6 Å². The second kappa shape index (κ2) is 7.92. The van der Waals surface area contributed by atoms with E-state index in [1.807, 2.05) is 34.6 Å². The molecule has 0 aliphatic rings. The van der Waals surface area contributed by atoms with Crippen molar-refractivity contribution in [3.8, 4) is 0 Å². The molecule has 2 amide bonds. The molecule has 2 N–H and O–H groups in total. The number of rotatable bonds is 6. The summed E-state index contributed by atoms with van der Waals surface area (Å²) in [7, 11) is 0. The summed E-state index contributed by atoms with van der Waals surface area (Å²) in [4.78, 5) is 24.5. The van der Waals surface area contributed by atoms with Gasteiger partial charge in [0.05, 0.1) is 5.56 Å². The zero-order chi connectivity index (χ0) is 16.9. The highest BCUT2D eigenvalue weighted by atomic mass is 19.1. The minimum absolute atomic E-state index is 0.000821. The first-order valence-corrected chi connectivity index (χ1v) is 7.59. The van der Waals surface area contributed by atoms with Gasteiger partial charge in [-0.3, -0.25) is 9.59 Å². The average molecular weight is 308 g/mol. The molecule has 5 heteroatoms. The van der Waals surface area contributed by atoms with Crippen LogP contribution in [0.5, 0.6) is 0 Å². The molecule has 0 unspecified atom stereocenters. The minimum Gasteiger partial charge on any atom is -0.352 e. The van der Waals surface area contributed by atoms with Crippen LogP contribution in [0.15, 0.2) is 24.3 Å². The number of hydrogen-bond donors (Lipinski definition) is 2. The smallest absolute Gasteiger partial charge is 0.254 e. The lowest BCUT2D eigenvalue weighted by Gasteiger charge is -2.25. The standard InChI is InChI=1S/C17H25FN2O2/c1-10(2)12(5)19-17(22)15(11(3)4)20-16(21)13-8-6-7-9-14(13)18/h6-12,15H,1-5H3,(H,19,22)(H,20,21)/t12-,15+/m0/s1. The summed E-state index contributed by atoms with van der Waals surface area (Å²) in [5.74, 6) is -1.24. The molecule has 0 saturated heterocycles. The molecule has 22 heavy (non-hydrogen) atoms. The summed E-state index contributed by atoms with van der Waals surface area (Å²) < 4.78 is 13.6. The average Bonchev–Trinajstić information content (AvgIpc) is 2.44. The Bertz CT molecular complexity index is 529. The van der Waals surface area contributed by atoms with Gasteiger partial charge in [-0.15, -0.1) is 0 Å². The van der Waals surface area contributed by atoms with Gasteiger partial charge in [-0.05, 0) is 30.9 Å². The van der Waals surface area contributed by atoms with Crippen molar-refractivity contribution in [3.63, 3.8) is 0 Å². The van der Waals surface area contributed by atoms with Crippen LogP contribution in [0.4, 0.5) is 4.39 Å². The molecule has 0 aliphatic carbocycles. The highest BCUT2D eigenvalue weighted by Crippen LogP contribution is 2.10. The van der Waals surface area contributed by atoms with Gasteiger partial charge in [0.1, 0.15) is 11.9 Å². The van der Waals surface area contributed by atoms with Crippen LogP contribution in [0.3, 0.4) is 0 Å². The van der Waals surface area contributed by atoms with Crippen LogP contribution in [0, 0.1) is 17.7 Å². The van der Waals surface area contributed by atoms with Gasteiger partial charge in [0.2, 0.25) is 5.91 Å². The van der Waals surface area contributed by atoms with Crippen LogP contribution in [0.1, 0.15) is 45.0 Å². The van der Waals surface area contributed by atoms with Crippen LogP contribution in [-0.2, 0) is 4.79 Å². The Kier molecular flexibility index (Phi) is 6.53. The molecule has 0 aromatic heterocycles. The van der Waals surface area contributed by atoms with Crippen molar-refractivity contribution < 1.29 is 14.0 Å². The molecule has 1 aromatic carbocycles. The maximum absolute atomic E-state index is 13.6. The number of hydrogen-bond acceptors (Lipinski definition) is 2. The Hall–Kier alpha value is -1.91. The summed E-state index contributed by atoms with van der Waals surface area (Å²) >= 11 is 0. The maximum atomic E-state index is 13.6. The molecular weight excluding hydrogens is 283 g/mol. The predicted octanol–water partition coefficient (Wildman–Crippen LogP) is 2.74. The lowest BCUT2D eigenvalue weighted by molar-refractivity contribution is -0.124. The molecule has 2 atom stereocenters. The number of carbonyl (C=O) groups is 2. The van der Waals surface area contributed by atoms with Gasteiger partial charge in [0, 0.05) is 6.04 Å². The van der Waals surface area contributed by atoms with E-state index in [0.717, 1.165) is 0 Å². The summed E-state index contributed by atoms with van der Waals surface area (Å²) in [5.41, 5.74) is -0.0575. The molecule has 1 aromatic rings. The Balaban J connectivity index is 2.82. The highest BCUT2D eigenvalue weighted by Gasteiger charge is 2.26. The number of halogens is 1. The fourth-order valence-corrected chi connectivity index (χ4v) is 1.88. The molecule has 0 bridgehead atoms. The molecule has 4 nitrogen and oxygen atoms in total. The quantitative estimate of drug-likeness (QED) is 0.849. The summed E-state index contributed by atoms with van der Waals surface area (Å²) in [6, 6.07) is 5.02. The summed E-state index contributed by atoms with van der Waals surface area (Å²) in [6.45, 7) is 9.61. The van der Waals surface area contributed by atoms with Crippen LogP contribution in [-0.4, -0.2) is 23.9 Å². The van der Waals surface area contributed by atoms with Gasteiger partial charge in [-0.2, -0.15) is 0 Å².